The molecule has 0 spiro atoms. The standard InChI is InChI=1S/C31H29FN4O5/c1-17-11-18-7-6-10-36-16-22(29(37)21(12-17)28(18)36)30(38)35-19-8-9-25(23(32)13-19)41-31(34-3)20-14-26(39-4)27(40-5)15-24(20)33-2/h8-9,11-16H,2,6-7,10H2,1,3-5H3,(H,35,38)/b34-31+. The van der Waals surface area contributed by atoms with Crippen molar-refractivity contribution in [3.8, 4) is 17.2 Å². The van der Waals surface area contributed by atoms with Crippen LogP contribution in [0.4, 0.5) is 15.8 Å². The van der Waals surface area contributed by atoms with Crippen LogP contribution in [0.1, 0.15) is 33.5 Å². The van der Waals surface area contributed by atoms with Crippen molar-refractivity contribution in [2.45, 2.75) is 26.3 Å². The number of hydrogen-bond acceptors (Lipinski definition) is 7. The van der Waals surface area contributed by atoms with Crippen LogP contribution in [0.25, 0.3) is 10.9 Å². The molecule has 5 rings (SSSR count). The third-order valence-corrected chi connectivity index (χ3v) is 6.99. The lowest BCUT2D eigenvalue weighted by Gasteiger charge is -2.21. The molecule has 10 heteroatoms. The number of aliphatic imine (C=N–C) groups is 2. The number of amides is 1. The van der Waals surface area contributed by atoms with Crippen molar-refractivity contribution < 1.29 is 23.4 Å². The van der Waals surface area contributed by atoms with Gasteiger partial charge in [0, 0.05) is 43.0 Å². The highest BCUT2D eigenvalue weighted by Crippen LogP contribution is 2.36. The molecular weight excluding hydrogens is 527 g/mol. The summed E-state index contributed by atoms with van der Waals surface area (Å²) >= 11 is 0. The molecule has 0 radical (unpaired) electrons. The van der Waals surface area contributed by atoms with E-state index in [2.05, 4.69) is 28.1 Å². The van der Waals surface area contributed by atoms with Crippen molar-refractivity contribution in [3.05, 3.63) is 87.0 Å². The summed E-state index contributed by atoms with van der Waals surface area (Å²) in [7, 11) is 4.47. The van der Waals surface area contributed by atoms with Crippen LogP contribution in [-0.4, -0.2) is 44.4 Å². The highest BCUT2D eigenvalue weighted by molar-refractivity contribution is 6.06. The summed E-state index contributed by atoms with van der Waals surface area (Å²) in [5.41, 5.74) is 3.55. The topological polar surface area (TPSA) is 104 Å². The smallest absolute Gasteiger partial charge is 0.261 e. The van der Waals surface area contributed by atoms with Crippen molar-refractivity contribution >= 4 is 40.8 Å². The third kappa shape index (κ3) is 5.16. The lowest BCUT2D eigenvalue weighted by molar-refractivity contribution is 0.102. The molecule has 1 N–H and O–H groups in total. The quantitative estimate of drug-likeness (QED) is 0.241. The molecule has 0 aliphatic carbocycles. The Labute approximate surface area is 235 Å². The first-order valence-electron chi connectivity index (χ1n) is 12.9. The SMILES string of the molecule is C=Nc1cc(OC)c(OC)cc1/C(=N\C)Oc1ccc(NC(=O)c2cn3c4c(cc(C)cc4c2=O)CCC3)cc1F. The first-order valence-corrected chi connectivity index (χ1v) is 12.9. The molecule has 2 heterocycles. The van der Waals surface area contributed by atoms with Crippen LogP contribution in [0.5, 0.6) is 17.2 Å². The maximum absolute atomic E-state index is 15.2. The van der Waals surface area contributed by atoms with Crippen molar-refractivity contribution in [3.63, 3.8) is 0 Å². The maximum atomic E-state index is 15.2. The number of anilines is 1. The number of halogens is 1. The number of hydrogen-bond donors (Lipinski definition) is 1. The van der Waals surface area contributed by atoms with Gasteiger partial charge in [-0.05, 0) is 61.9 Å². The normalized spacial score (nSPS) is 12.7. The van der Waals surface area contributed by atoms with E-state index in [9.17, 15) is 9.59 Å². The van der Waals surface area contributed by atoms with Crippen LogP contribution < -0.4 is 25.0 Å². The van der Waals surface area contributed by atoms with Crippen LogP contribution in [0.3, 0.4) is 0 Å². The van der Waals surface area contributed by atoms with Crippen molar-refractivity contribution in [2.75, 3.05) is 26.6 Å². The first-order chi connectivity index (χ1) is 19.8. The second-order valence-electron chi connectivity index (χ2n) is 9.60. The van der Waals surface area contributed by atoms with Gasteiger partial charge in [0.05, 0.1) is 31.0 Å². The first kappa shape index (κ1) is 27.6. The molecule has 0 bridgehead atoms. The number of nitrogens with one attached hydrogen (secondary N) is 1. The minimum Gasteiger partial charge on any atom is -0.493 e. The minimum absolute atomic E-state index is 0.00463. The predicted molar refractivity (Wildman–Crippen MR) is 157 cm³/mol. The van der Waals surface area contributed by atoms with Crippen LogP contribution >= 0.6 is 0 Å². The van der Waals surface area contributed by atoms with Gasteiger partial charge in [0.25, 0.3) is 5.91 Å². The van der Waals surface area contributed by atoms with Crippen LogP contribution in [0.15, 0.2) is 63.4 Å². The van der Waals surface area contributed by atoms with Gasteiger partial charge in [-0.15, -0.1) is 0 Å². The zero-order valence-electron chi connectivity index (χ0n) is 23.2. The highest BCUT2D eigenvalue weighted by atomic mass is 19.1. The lowest BCUT2D eigenvalue weighted by Crippen LogP contribution is -2.25. The van der Waals surface area contributed by atoms with E-state index in [1.165, 1.54) is 33.4 Å². The lowest BCUT2D eigenvalue weighted by atomic mass is 9.97. The molecule has 0 saturated carbocycles. The van der Waals surface area contributed by atoms with E-state index in [0.29, 0.717) is 34.7 Å². The molecule has 9 nitrogen and oxygen atoms in total. The summed E-state index contributed by atoms with van der Waals surface area (Å²) < 4.78 is 33.6. The van der Waals surface area contributed by atoms with Gasteiger partial charge in [0.1, 0.15) is 5.56 Å². The zero-order chi connectivity index (χ0) is 29.3. The maximum Gasteiger partial charge on any atom is 0.261 e. The summed E-state index contributed by atoms with van der Waals surface area (Å²) in [6.07, 6.45) is 3.39. The van der Waals surface area contributed by atoms with Gasteiger partial charge in [0.15, 0.2) is 23.1 Å². The number of methoxy groups -OCH3 is 2. The Morgan fingerprint density at radius 3 is 2.49 bits per heavy atom. The molecule has 210 valence electrons. The van der Waals surface area contributed by atoms with Gasteiger partial charge < -0.3 is 24.1 Å². The van der Waals surface area contributed by atoms with E-state index in [1.807, 2.05) is 17.6 Å². The van der Waals surface area contributed by atoms with E-state index < -0.39 is 11.7 Å². The van der Waals surface area contributed by atoms with Crippen molar-refractivity contribution in [1.29, 1.82) is 0 Å². The summed E-state index contributed by atoms with van der Waals surface area (Å²) in [5, 5.41) is 3.15. The molecule has 0 fully saturated rings. The van der Waals surface area contributed by atoms with Crippen LogP contribution in [0.2, 0.25) is 0 Å². The molecule has 1 aliphatic rings. The van der Waals surface area contributed by atoms with Gasteiger partial charge in [0.2, 0.25) is 11.3 Å². The summed E-state index contributed by atoms with van der Waals surface area (Å²) in [5.74, 6) is -0.591. The molecule has 0 saturated heterocycles. The number of aromatic nitrogens is 1. The number of pyridine rings is 1. The van der Waals surface area contributed by atoms with Crippen molar-refractivity contribution in [2.24, 2.45) is 9.98 Å². The molecular formula is C31H29FN4O5. The number of nitrogens with zero attached hydrogens (tertiary/aromatic N) is 3. The Morgan fingerprint density at radius 2 is 1.80 bits per heavy atom. The molecule has 3 aromatic carbocycles. The molecule has 41 heavy (non-hydrogen) atoms. The largest absolute Gasteiger partial charge is 0.493 e. The Balaban J connectivity index is 1.41. The molecule has 1 aromatic heterocycles. The Hall–Kier alpha value is -4.99. The summed E-state index contributed by atoms with van der Waals surface area (Å²) in [4.78, 5) is 34.6. The second kappa shape index (κ2) is 11.2. The number of carbonyl (C=O) groups is 1. The van der Waals surface area contributed by atoms with Crippen LogP contribution in [0, 0.1) is 12.7 Å². The second-order valence-corrected chi connectivity index (χ2v) is 9.60. The van der Waals surface area contributed by atoms with E-state index in [1.54, 1.807) is 18.3 Å². The number of benzene rings is 3. The van der Waals surface area contributed by atoms with Gasteiger partial charge in [-0.3, -0.25) is 19.6 Å². The van der Waals surface area contributed by atoms with Gasteiger partial charge in [-0.2, -0.15) is 0 Å². The van der Waals surface area contributed by atoms with Crippen LogP contribution in [-0.2, 0) is 13.0 Å². The van der Waals surface area contributed by atoms with E-state index in [-0.39, 0.29) is 28.3 Å². The average molecular weight is 557 g/mol. The number of ether oxygens (including phenoxy) is 3. The average Bonchev–Trinajstić information content (AvgIpc) is 2.97. The Morgan fingerprint density at radius 1 is 1.05 bits per heavy atom. The minimum atomic E-state index is -0.747. The molecule has 1 amide bonds. The highest BCUT2D eigenvalue weighted by Gasteiger charge is 2.22. The van der Waals surface area contributed by atoms with E-state index in [0.717, 1.165) is 35.6 Å². The number of carbonyl (C=O) groups excluding carboxylic acids is 1. The van der Waals surface area contributed by atoms with Gasteiger partial charge >= 0.3 is 0 Å². The Kier molecular flexibility index (Phi) is 7.56. The molecule has 1 aliphatic heterocycles. The fraction of sp³-hybridized carbons (Fsp3) is 0.226. The van der Waals surface area contributed by atoms with E-state index >= 15 is 4.39 Å². The summed E-state index contributed by atoms with van der Waals surface area (Å²) in [6.45, 7) is 6.22. The zero-order valence-corrected chi connectivity index (χ0v) is 23.2. The van der Waals surface area contributed by atoms with E-state index in [4.69, 9.17) is 14.2 Å². The molecule has 4 aromatic rings. The monoisotopic (exact) mass is 556 g/mol. The fourth-order valence-corrected chi connectivity index (χ4v) is 5.11. The van der Waals surface area contributed by atoms with Crippen molar-refractivity contribution in [1.82, 2.24) is 4.57 Å². The van der Waals surface area contributed by atoms with Gasteiger partial charge in [-0.1, -0.05) is 6.07 Å². The van der Waals surface area contributed by atoms with Gasteiger partial charge in [-0.25, -0.2) is 4.39 Å². The Bertz CT molecular complexity index is 1790. The predicted octanol–water partition coefficient (Wildman–Crippen LogP) is 5.45. The summed E-state index contributed by atoms with van der Waals surface area (Å²) in [6, 6.07) is 11.1. The fourth-order valence-electron chi connectivity index (χ4n) is 5.11. The third-order valence-electron chi connectivity index (χ3n) is 6.99. The number of rotatable bonds is 7. The molecule has 0 unspecified atom stereocenters. The number of aryl methyl sites for hydroxylation is 3. The molecule has 0 atom stereocenters.